The summed E-state index contributed by atoms with van der Waals surface area (Å²) in [5.41, 5.74) is 9.09. The van der Waals surface area contributed by atoms with Crippen molar-refractivity contribution in [2.45, 2.75) is 66.5 Å². The molecule has 5 rings (SSSR count). The van der Waals surface area contributed by atoms with Gasteiger partial charge < -0.3 is 4.48 Å². The van der Waals surface area contributed by atoms with E-state index in [9.17, 15) is 0 Å². The van der Waals surface area contributed by atoms with Crippen molar-refractivity contribution < 1.29 is 4.48 Å². The molecule has 0 amide bonds. The van der Waals surface area contributed by atoms with Gasteiger partial charge in [-0.05, 0) is 70.5 Å². The molecule has 0 N–H and O–H groups in total. The van der Waals surface area contributed by atoms with Crippen molar-refractivity contribution in [1.82, 2.24) is 0 Å². The smallest absolute Gasteiger partial charge is 0.106 e. The lowest BCUT2D eigenvalue weighted by atomic mass is 9.85. The average Bonchev–Trinajstić information content (AvgIpc) is 2.98. The topological polar surface area (TPSA) is 0 Å². The van der Waals surface area contributed by atoms with E-state index in [1.54, 1.807) is 11.1 Å². The summed E-state index contributed by atoms with van der Waals surface area (Å²) in [5, 5.41) is 5.57. The maximum atomic E-state index is 2.44. The highest BCUT2D eigenvalue weighted by atomic mass is 79.9. The van der Waals surface area contributed by atoms with E-state index in [2.05, 4.69) is 88.4 Å². The van der Waals surface area contributed by atoms with Crippen molar-refractivity contribution in [2.24, 2.45) is 0 Å². The number of unbranched alkanes of at least 4 members (excludes halogenated alkanes) is 2. The van der Waals surface area contributed by atoms with Crippen LogP contribution in [0.15, 0.2) is 60.7 Å². The van der Waals surface area contributed by atoms with E-state index < -0.39 is 0 Å². The second kappa shape index (κ2) is 10.2. The van der Waals surface area contributed by atoms with Crippen LogP contribution in [0.3, 0.4) is 0 Å². The van der Waals surface area contributed by atoms with Crippen LogP contribution in [0.1, 0.15) is 61.8 Å². The number of hydrogen-bond donors (Lipinski definition) is 0. The molecule has 0 unspecified atom stereocenters. The molecule has 0 bridgehead atoms. The molecule has 0 saturated carbocycles. The first kappa shape index (κ1) is 24.9. The zero-order valence-electron chi connectivity index (χ0n) is 21.3. The number of benzene rings is 4. The maximum Gasteiger partial charge on any atom is 0.106 e. The van der Waals surface area contributed by atoms with Gasteiger partial charge in [0.25, 0.3) is 0 Å². The van der Waals surface area contributed by atoms with Gasteiger partial charge in [0, 0.05) is 11.1 Å². The number of nitrogens with zero attached hydrogens (tertiary/aromatic N) is 1. The number of fused-ring (bicyclic) bond motifs is 7. The SMILES string of the molecule is Br.CCCC[N+]1(CCCC)Cc2c(C)cc3ccccc3c2-c2c(c(C)cc3ccccc23)C1. The van der Waals surface area contributed by atoms with Gasteiger partial charge in [0.1, 0.15) is 13.1 Å². The molecule has 1 aliphatic rings. The van der Waals surface area contributed by atoms with Crippen LogP contribution in [0.5, 0.6) is 0 Å². The Labute approximate surface area is 216 Å². The van der Waals surface area contributed by atoms with Gasteiger partial charge in [0.2, 0.25) is 0 Å². The van der Waals surface area contributed by atoms with E-state index in [4.69, 9.17) is 0 Å². The third kappa shape index (κ3) is 4.32. The van der Waals surface area contributed by atoms with Gasteiger partial charge in [-0.3, -0.25) is 0 Å². The molecule has 0 atom stereocenters. The predicted octanol–water partition coefficient (Wildman–Crippen LogP) is 9.29. The van der Waals surface area contributed by atoms with Crippen molar-refractivity contribution >= 4 is 38.5 Å². The minimum Gasteiger partial charge on any atom is -0.316 e. The van der Waals surface area contributed by atoms with Gasteiger partial charge in [-0.15, -0.1) is 17.0 Å². The van der Waals surface area contributed by atoms with Crippen LogP contribution in [0, 0.1) is 13.8 Å². The lowest BCUT2D eigenvalue weighted by molar-refractivity contribution is -0.953. The molecule has 34 heavy (non-hydrogen) atoms. The van der Waals surface area contributed by atoms with Gasteiger partial charge in [0.05, 0.1) is 13.1 Å². The summed E-state index contributed by atoms with van der Waals surface area (Å²) in [6.07, 6.45) is 5.12. The standard InChI is InChI=1S/C32H38N.BrH/c1-5-7-17-33(18-8-6-2)21-29-23(3)19-25-13-9-11-15-27(25)31(29)32-28-16-12-10-14-26(28)20-24(4)30(32)22-33;/h9-16,19-20H,5-8,17-18,21-22H2,1-4H3;1H/q+1;. The minimum atomic E-state index is 0. The van der Waals surface area contributed by atoms with Gasteiger partial charge in [0.15, 0.2) is 0 Å². The predicted molar refractivity (Wildman–Crippen MR) is 154 cm³/mol. The molecule has 0 fully saturated rings. The molecule has 1 aliphatic heterocycles. The van der Waals surface area contributed by atoms with E-state index in [-0.39, 0.29) is 17.0 Å². The first-order chi connectivity index (χ1) is 16.1. The van der Waals surface area contributed by atoms with E-state index >= 15 is 0 Å². The van der Waals surface area contributed by atoms with Crippen molar-refractivity contribution in [3.63, 3.8) is 0 Å². The van der Waals surface area contributed by atoms with E-state index in [0.29, 0.717) is 0 Å². The van der Waals surface area contributed by atoms with Gasteiger partial charge >= 0.3 is 0 Å². The maximum absolute atomic E-state index is 2.44. The summed E-state index contributed by atoms with van der Waals surface area (Å²) < 4.78 is 1.19. The Morgan fingerprint density at radius 3 is 1.47 bits per heavy atom. The van der Waals surface area contributed by atoms with Crippen LogP contribution in [0.4, 0.5) is 0 Å². The highest BCUT2D eigenvalue weighted by Crippen LogP contribution is 2.46. The normalized spacial score (nSPS) is 14.4. The summed E-state index contributed by atoms with van der Waals surface area (Å²) in [5.74, 6) is 0. The van der Waals surface area contributed by atoms with Crippen LogP contribution in [-0.4, -0.2) is 17.6 Å². The average molecular weight is 518 g/mol. The van der Waals surface area contributed by atoms with Crippen LogP contribution in [-0.2, 0) is 13.1 Å². The molecule has 2 heteroatoms. The van der Waals surface area contributed by atoms with Crippen LogP contribution >= 0.6 is 17.0 Å². The Bertz CT molecular complexity index is 1220. The Hall–Kier alpha value is -2.16. The molecule has 0 spiro atoms. The first-order valence-electron chi connectivity index (χ1n) is 12.9. The van der Waals surface area contributed by atoms with E-state index in [1.165, 1.54) is 87.1 Å². The minimum absolute atomic E-state index is 0. The third-order valence-corrected chi connectivity index (χ3v) is 7.97. The summed E-state index contributed by atoms with van der Waals surface area (Å²) in [7, 11) is 0. The molecule has 1 nitrogen and oxygen atoms in total. The van der Waals surface area contributed by atoms with E-state index in [0.717, 1.165) is 13.1 Å². The lowest BCUT2D eigenvalue weighted by Gasteiger charge is -2.39. The molecule has 178 valence electrons. The second-order valence-corrected chi connectivity index (χ2v) is 10.3. The van der Waals surface area contributed by atoms with Crippen LogP contribution in [0.2, 0.25) is 0 Å². The number of rotatable bonds is 6. The highest BCUT2D eigenvalue weighted by Gasteiger charge is 2.35. The molecule has 0 radical (unpaired) electrons. The molecule has 4 aromatic carbocycles. The summed E-state index contributed by atoms with van der Waals surface area (Å²) in [6.45, 7) is 14.2. The number of hydrogen-bond acceptors (Lipinski definition) is 0. The number of quaternary nitrogens is 1. The fraction of sp³-hybridized carbons (Fsp3) is 0.375. The zero-order chi connectivity index (χ0) is 23.0. The lowest BCUT2D eigenvalue weighted by Crippen LogP contribution is -2.47. The second-order valence-electron chi connectivity index (χ2n) is 10.3. The van der Waals surface area contributed by atoms with Crippen molar-refractivity contribution in [1.29, 1.82) is 0 Å². The fourth-order valence-electron chi connectivity index (χ4n) is 6.18. The van der Waals surface area contributed by atoms with E-state index in [1.807, 2.05) is 0 Å². The van der Waals surface area contributed by atoms with Crippen molar-refractivity contribution in [2.75, 3.05) is 13.1 Å². The Balaban J connectivity index is 0.00000274. The largest absolute Gasteiger partial charge is 0.316 e. The Kier molecular flexibility index (Phi) is 7.50. The first-order valence-corrected chi connectivity index (χ1v) is 12.9. The molecule has 0 aliphatic carbocycles. The number of halogens is 1. The van der Waals surface area contributed by atoms with Crippen molar-refractivity contribution in [3.8, 4) is 11.1 Å². The van der Waals surface area contributed by atoms with Crippen LogP contribution < -0.4 is 0 Å². The molecular formula is C32H39BrN+. The summed E-state index contributed by atoms with van der Waals surface area (Å²) >= 11 is 0. The summed E-state index contributed by atoms with van der Waals surface area (Å²) in [6, 6.07) is 23.0. The Morgan fingerprint density at radius 1 is 0.647 bits per heavy atom. The summed E-state index contributed by atoms with van der Waals surface area (Å²) in [4.78, 5) is 0. The van der Waals surface area contributed by atoms with Gasteiger partial charge in [-0.2, -0.15) is 0 Å². The van der Waals surface area contributed by atoms with Gasteiger partial charge in [-0.1, -0.05) is 87.4 Å². The van der Waals surface area contributed by atoms with Gasteiger partial charge in [-0.25, -0.2) is 0 Å². The molecule has 0 saturated heterocycles. The Morgan fingerprint density at radius 2 is 1.06 bits per heavy atom. The fourth-order valence-corrected chi connectivity index (χ4v) is 6.18. The zero-order valence-corrected chi connectivity index (χ0v) is 23.0. The monoisotopic (exact) mass is 516 g/mol. The molecule has 4 aromatic rings. The quantitative estimate of drug-likeness (QED) is 0.224. The molecule has 1 heterocycles. The third-order valence-electron chi connectivity index (χ3n) is 7.97. The van der Waals surface area contributed by atoms with Crippen LogP contribution in [0.25, 0.3) is 32.7 Å². The molecular weight excluding hydrogens is 478 g/mol. The number of aryl methyl sites for hydroxylation is 2. The van der Waals surface area contributed by atoms with Crippen molar-refractivity contribution in [3.05, 3.63) is 82.9 Å². The highest BCUT2D eigenvalue weighted by molar-refractivity contribution is 8.93. The molecule has 0 aromatic heterocycles.